The van der Waals surface area contributed by atoms with Gasteiger partial charge in [-0.3, -0.25) is 0 Å². The van der Waals surface area contributed by atoms with E-state index in [1.807, 2.05) is 0 Å². The number of halogens is 3. The van der Waals surface area contributed by atoms with Gasteiger partial charge in [0.2, 0.25) is 0 Å². The van der Waals surface area contributed by atoms with Crippen molar-refractivity contribution in [1.29, 1.82) is 0 Å². The molecule has 0 radical (unpaired) electrons. The molecule has 0 aromatic carbocycles. The van der Waals surface area contributed by atoms with Gasteiger partial charge in [0.25, 0.3) is 0 Å². The van der Waals surface area contributed by atoms with Crippen molar-refractivity contribution in [3.63, 3.8) is 0 Å². The summed E-state index contributed by atoms with van der Waals surface area (Å²) >= 11 is -0.0781. The molecule has 0 N–H and O–H groups in total. The Morgan fingerprint density at radius 2 is 1.50 bits per heavy atom. The van der Waals surface area contributed by atoms with Crippen LogP contribution in [0, 0.1) is 0 Å². The van der Waals surface area contributed by atoms with Crippen LogP contribution in [0.25, 0.3) is 0 Å². The van der Waals surface area contributed by atoms with E-state index >= 15 is 0 Å². The molecule has 0 saturated heterocycles. The maximum absolute atomic E-state index is 10.8. The van der Waals surface area contributed by atoms with E-state index in [0.717, 1.165) is 0 Å². The Morgan fingerprint density at radius 3 is 1.50 bits per heavy atom. The molecule has 0 aliphatic carbocycles. The number of hydrogen-bond donors (Lipinski definition) is 0. The van der Waals surface area contributed by atoms with Crippen LogP contribution in [-0.2, 0) is 0 Å². The summed E-state index contributed by atoms with van der Waals surface area (Å²) in [5.41, 5.74) is 0. The Kier molecular flexibility index (Phi) is 3.30. The summed E-state index contributed by atoms with van der Waals surface area (Å²) in [4.78, 5) is 0. The molecule has 4 heteroatoms. The van der Waals surface area contributed by atoms with Crippen molar-refractivity contribution in [2.75, 3.05) is 0 Å². The van der Waals surface area contributed by atoms with Gasteiger partial charge in [0.1, 0.15) is 0 Å². The zero-order valence-electron chi connectivity index (χ0n) is 3.34. The molecule has 0 spiro atoms. The fraction of sp³-hybridized carbons (Fsp3) is 1.00. The molecule has 32 valence electrons. The first-order chi connectivity index (χ1) is 2.56. The summed E-state index contributed by atoms with van der Waals surface area (Å²) in [6, 6.07) is 0. The number of alkyl halides is 3. The van der Waals surface area contributed by atoms with Gasteiger partial charge >= 0.3 is 68.8 Å². The van der Waals surface area contributed by atoms with E-state index in [-0.39, 0.29) is 49.0 Å². The zero-order valence-corrected chi connectivity index (χ0v) is 6.46. The molecule has 0 nitrogen and oxygen atoms in total. The van der Waals surface area contributed by atoms with E-state index in [1.165, 1.54) is 0 Å². The molecule has 0 rings (SSSR count). The van der Waals surface area contributed by atoms with Crippen LogP contribution < -0.4 is 0 Å². The van der Waals surface area contributed by atoms with Crippen molar-refractivity contribution in [3.05, 3.63) is 0 Å². The van der Waals surface area contributed by atoms with Gasteiger partial charge in [0.05, 0.1) is 0 Å². The number of hydrogen-bond acceptors (Lipinski definition) is 0. The van der Waals surface area contributed by atoms with Gasteiger partial charge in [0.15, 0.2) is 0 Å². The van der Waals surface area contributed by atoms with Crippen molar-refractivity contribution >= 4 is 49.0 Å². The molecular formula is C2H2F3K. The second-order valence-corrected chi connectivity index (χ2v) is 2.07. The van der Waals surface area contributed by atoms with Crippen LogP contribution in [0.3, 0.4) is 0 Å². The molecule has 0 bridgehead atoms. The van der Waals surface area contributed by atoms with Crippen LogP contribution in [0.2, 0.25) is 0.515 Å². The van der Waals surface area contributed by atoms with Crippen LogP contribution >= 0.6 is 0 Å². The zero-order chi connectivity index (χ0) is 5.21. The van der Waals surface area contributed by atoms with Crippen LogP contribution in [0.15, 0.2) is 0 Å². The fourth-order valence-electron chi connectivity index (χ4n) is 0. The summed E-state index contributed by atoms with van der Waals surface area (Å²) in [6.45, 7) is 0. The Morgan fingerprint density at radius 1 is 1.33 bits per heavy atom. The maximum atomic E-state index is 10.8. The van der Waals surface area contributed by atoms with Crippen LogP contribution in [0.1, 0.15) is 0 Å². The molecule has 6 heavy (non-hydrogen) atoms. The minimum absolute atomic E-state index is 0.0781. The Bertz CT molecular complexity index is 38.5. The third kappa shape index (κ3) is 5.43. The van der Waals surface area contributed by atoms with Gasteiger partial charge < -0.3 is 0 Å². The van der Waals surface area contributed by atoms with Crippen LogP contribution in [-0.4, -0.2) is 55.1 Å². The number of rotatable bonds is 0. The summed E-state index contributed by atoms with van der Waals surface area (Å²) in [7, 11) is 0. The summed E-state index contributed by atoms with van der Waals surface area (Å²) < 4.78 is 32.0. The van der Waals surface area contributed by atoms with Crippen LogP contribution in [0.5, 0.6) is 0 Å². The van der Waals surface area contributed by atoms with E-state index in [1.54, 1.807) is 0 Å². The van der Waals surface area contributed by atoms with E-state index < -0.39 is 6.69 Å². The van der Waals surface area contributed by atoms with Crippen LogP contribution in [0.4, 0.5) is 13.2 Å². The van der Waals surface area contributed by atoms with Crippen molar-refractivity contribution in [2.24, 2.45) is 0 Å². The second-order valence-electron chi connectivity index (χ2n) is 0.969. The van der Waals surface area contributed by atoms with E-state index in [0.29, 0.717) is 0 Å². The third-order valence-electron chi connectivity index (χ3n) is 0.401. The molecule has 0 unspecified atom stereocenters. The van der Waals surface area contributed by atoms with Crippen molar-refractivity contribution < 1.29 is 13.2 Å². The monoisotopic (exact) mass is 122 g/mol. The second kappa shape index (κ2) is 2.67. The van der Waals surface area contributed by atoms with Crippen molar-refractivity contribution in [1.82, 2.24) is 0 Å². The topological polar surface area (TPSA) is 0 Å². The first kappa shape index (κ1) is 7.43. The molecule has 0 aromatic rings. The Balaban J connectivity index is 3.17. The van der Waals surface area contributed by atoms with Gasteiger partial charge in [-0.2, -0.15) is 0 Å². The van der Waals surface area contributed by atoms with E-state index in [9.17, 15) is 13.2 Å². The average molecular weight is 122 g/mol. The molecule has 0 atom stereocenters. The van der Waals surface area contributed by atoms with Gasteiger partial charge in [-0.1, -0.05) is 0 Å². The molecular weight excluding hydrogens is 120 g/mol. The van der Waals surface area contributed by atoms with Crippen molar-refractivity contribution in [3.8, 4) is 0 Å². The summed E-state index contributed by atoms with van der Waals surface area (Å²) in [6.07, 6.45) is -3.88. The average Bonchev–Trinajstić information content (AvgIpc) is 1.35. The molecule has 0 aromatic heterocycles. The molecule has 0 aliphatic rings. The predicted molar refractivity (Wildman–Crippen MR) is 16.6 cm³/mol. The van der Waals surface area contributed by atoms with Crippen molar-refractivity contribution in [2.45, 2.75) is 6.69 Å². The van der Waals surface area contributed by atoms with Gasteiger partial charge in [-0.15, -0.1) is 0 Å². The molecule has 0 amide bonds. The fourth-order valence-corrected chi connectivity index (χ4v) is 0. The predicted octanol–water partition coefficient (Wildman–Crippen LogP) is 1.14. The normalized spacial score (nSPS) is 12.2. The summed E-state index contributed by atoms with van der Waals surface area (Å²) in [5.74, 6) is 0. The van der Waals surface area contributed by atoms with Gasteiger partial charge in [-0.25, -0.2) is 0 Å². The quantitative estimate of drug-likeness (QED) is 0.422. The Labute approximate surface area is 67.7 Å². The first-order valence-corrected chi connectivity index (χ1v) is 3.84. The molecule has 0 saturated carbocycles. The Hall–Kier alpha value is 1.43. The van der Waals surface area contributed by atoms with E-state index in [4.69, 9.17) is 0 Å². The third-order valence-corrected chi connectivity index (χ3v) is 1.65. The first-order valence-electron chi connectivity index (χ1n) is 1.63. The minimum atomic E-state index is -3.88. The standard InChI is InChI=1S/C2H2F3.K/c1-2(3,4)5;/h1H2;. The molecule has 0 aliphatic heterocycles. The molecule has 0 fully saturated rings. The van der Waals surface area contributed by atoms with Gasteiger partial charge in [-0.05, 0) is 0 Å². The molecule has 0 heterocycles. The summed E-state index contributed by atoms with van der Waals surface area (Å²) in [5, 5.41) is 0. The SMILES string of the molecule is FC(F)(F)[CH2][K]. The van der Waals surface area contributed by atoms with Gasteiger partial charge in [0, 0.05) is 0 Å². The van der Waals surface area contributed by atoms with E-state index in [2.05, 4.69) is 0 Å².